The Morgan fingerprint density at radius 2 is 1.75 bits per heavy atom. The van der Waals surface area contributed by atoms with E-state index >= 15 is 0 Å². The lowest BCUT2D eigenvalue weighted by Gasteiger charge is -2.14. The van der Waals surface area contributed by atoms with Crippen LogP contribution in [0.2, 0.25) is 5.02 Å². The highest BCUT2D eigenvalue weighted by atomic mass is 35.5. The fourth-order valence-corrected chi connectivity index (χ4v) is 1.88. The highest BCUT2D eigenvalue weighted by molar-refractivity contribution is 6.30. The Bertz CT molecular complexity index is 628. The first-order valence-electron chi connectivity index (χ1n) is 5.99. The van der Waals surface area contributed by atoms with E-state index in [2.05, 4.69) is 5.32 Å². The molecule has 5 heteroatoms. The molecule has 0 unspecified atom stereocenters. The number of halogens is 3. The summed E-state index contributed by atoms with van der Waals surface area (Å²) < 4.78 is 25.9. The fraction of sp³-hybridized carbons (Fsp3) is 0.133. The summed E-state index contributed by atoms with van der Waals surface area (Å²) in [4.78, 5) is 11.9. The zero-order chi connectivity index (χ0) is 14.7. The van der Waals surface area contributed by atoms with Crippen LogP contribution >= 0.6 is 11.6 Å². The van der Waals surface area contributed by atoms with Crippen LogP contribution in [0.5, 0.6) is 0 Å². The van der Waals surface area contributed by atoms with Crippen LogP contribution in [-0.4, -0.2) is 5.91 Å². The monoisotopic (exact) mass is 295 g/mol. The lowest BCUT2D eigenvalue weighted by atomic mass is 10.1. The lowest BCUT2D eigenvalue weighted by Crippen LogP contribution is -2.26. The first-order valence-corrected chi connectivity index (χ1v) is 6.36. The van der Waals surface area contributed by atoms with E-state index < -0.39 is 17.5 Å². The van der Waals surface area contributed by atoms with E-state index in [1.165, 1.54) is 6.07 Å². The molecular formula is C15H12ClF2NO. The smallest absolute Gasteiger partial charge is 0.251 e. The molecule has 0 aromatic heterocycles. The Labute approximate surface area is 120 Å². The molecule has 20 heavy (non-hydrogen) atoms. The van der Waals surface area contributed by atoms with Gasteiger partial charge in [-0.1, -0.05) is 23.7 Å². The van der Waals surface area contributed by atoms with E-state index in [4.69, 9.17) is 11.6 Å². The van der Waals surface area contributed by atoms with Gasteiger partial charge >= 0.3 is 0 Å². The van der Waals surface area contributed by atoms with Crippen LogP contribution in [0.25, 0.3) is 0 Å². The van der Waals surface area contributed by atoms with Crippen molar-refractivity contribution in [1.29, 1.82) is 0 Å². The molecule has 0 aliphatic carbocycles. The number of amides is 1. The number of carbonyl (C=O) groups excluding carboxylic acids is 1. The van der Waals surface area contributed by atoms with Crippen LogP contribution in [0.3, 0.4) is 0 Å². The molecule has 0 aliphatic heterocycles. The molecule has 104 valence electrons. The summed E-state index contributed by atoms with van der Waals surface area (Å²) in [5.41, 5.74) is 0.940. The second-order valence-corrected chi connectivity index (χ2v) is 4.81. The normalized spacial score (nSPS) is 12.0. The first kappa shape index (κ1) is 14.5. The molecule has 0 saturated heterocycles. The maximum absolute atomic E-state index is 13.1. The van der Waals surface area contributed by atoms with Gasteiger partial charge in [-0.3, -0.25) is 4.79 Å². The van der Waals surface area contributed by atoms with E-state index in [1.807, 2.05) is 0 Å². The summed E-state index contributed by atoms with van der Waals surface area (Å²) in [6.07, 6.45) is 0. The summed E-state index contributed by atoms with van der Waals surface area (Å²) >= 11 is 5.79. The predicted octanol–water partition coefficient (Wildman–Crippen LogP) is 4.11. The molecule has 0 bridgehead atoms. The van der Waals surface area contributed by atoms with Crippen LogP contribution in [0, 0.1) is 11.6 Å². The molecule has 0 saturated carbocycles. The maximum Gasteiger partial charge on any atom is 0.251 e. The Morgan fingerprint density at radius 1 is 1.10 bits per heavy atom. The molecule has 1 N–H and O–H groups in total. The third-order valence-corrected chi connectivity index (χ3v) is 3.15. The Kier molecular flexibility index (Phi) is 4.35. The molecule has 0 aliphatic rings. The minimum atomic E-state index is -1.04. The van der Waals surface area contributed by atoms with Crippen molar-refractivity contribution in [3.8, 4) is 0 Å². The number of nitrogens with one attached hydrogen (secondary N) is 1. The van der Waals surface area contributed by atoms with Crippen LogP contribution < -0.4 is 5.32 Å². The standard InChI is InChI=1S/C15H12ClF2NO/c1-9(10-2-5-12(16)6-3-10)19-15(20)11-4-7-13(17)14(18)8-11/h2-9H,1H3,(H,19,20)/t9-/m1/s1. The maximum atomic E-state index is 13.1. The van der Waals surface area contributed by atoms with Gasteiger partial charge in [-0.05, 0) is 42.8 Å². The largest absolute Gasteiger partial charge is 0.346 e. The van der Waals surface area contributed by atoms with Crippen molar-refractivity contribution < 1.29 is 13.6 Å². The van der Waals surface area contributed by atoms with Gasteiger partial charge in [-0.25, -0.2) is 8.78 Å². The van der Waals surface area contributed by atoms with Gasteiger partial charge in [0.05, 0.1) is 6.04 Å². The zero-order valence-electron chi connectivity index (χ0n) is 10.7. The fourth-order valence-electron chi connectivity index (χ4n) is 1.75. The molecule has 0 fully saturated rings. The average Bonchev–Trinajstić information content (AvgIpc) is 2.42. The quantitative estimate of drug-likeness (QED) is 0.907. The summed E-state index contributed by atoms with van der Waals surface area (Å²) in [5.74, 6) is -2.49. The van der Waals surface area contributed by atoms with E-state index in [0.717, 1.165) is 17.7 Å². The average molecular weight is 296 g/mol. The summed E-state index contributed by atoms with van der Waals surface area (Å²) in [6.45, 7) is 1.79. The van der Waals surface area contributed by atoms with Crippen molar-refractivity contribution in [2.75, 3.05) is 0 Å². The zero-order valence-corrected chi connectivity index (χ0v) is 11.4. The number of hydrogen-bond donors (Lipinski definition) is 1. The minimum Gasteiger partial charge on any atom is -0.346 e. The second kappa shape index (κ2) is 6.01. The third-order valence-electron chi connectivity index (χ3n) is 2.90. The Morgan fingerprint density at radius 3 is 2.35 bits per heavy atom. The van der Waals surface area contributed by atoms with Gasteiger partial charge in [0, 0.05) is 10.6 Å². The van der Waals surface area contributed by atoms with Gasteiger partial charge in [0.25, 0.3) is 5.91 Å². The van der Waals surface area contributed by atoms with Crippen LogP contribution in [-0.2, 0) is 0 Å². The van der Waals surface area contributed by atoms with Crippen molar-refractivity contribution >= 4 is 17.5 Å². The van der Waals surface area contributed by atoms with E-state index in [1.54, 1.807) is 31.2 Å². The van der Waals surface area contributed by atoms with Crippen LogP contribution in [0.1, 0.15) is 28.9 Å². The van der Waals surface area contributed by atoms with Gasteiger partial charge in [0.15, 0.2) is 11.6 Å². The number of hydrogen-bond acceptors (Lipinski definition) is 1. The predicted molar refractivity (Wildman–Crippen MR) is 73.7 cm³/mol. The van der Waals surface area contributed by atoms with Crippen molar-refractivity contribution in [3.63, 3.8) is 0 Å². The molecule has 0 spiro atoms. The van der Waals surface area contributed by atoms with Gasteiger partial charge in [-0.15, -0.1) is 0 Å². The van der Waals surface area contributed by atoms with Crippen LogP contribution in [0.15, 0.2) is 42.5 Å². The molecule has 2 aromatic rings. The second-order valence-electron chi connectivity index (χ2n) is 4.38. The van der Waals surface area contributed by atoms with Crippen molar-refractivity contribution in [1.82, 2.24) is 5.32 Å². The molecule has 1 atom stereocenters. The number of rotatable bonds is 3. The van der Waals surface area contributed by atoms with E-state index in [9.17, 15) is 13.6 Å². The van der Waals surface area contributed by atoms with E-state index in [-0.39, 0.29) is 11.6 Å². The van der Waals surface area contributed by atoms with Gasteiger partial charge < -0.3 is 5.32 Å². The highest BCUT2D eigenvalue weighted by Crippen LogP contribution is 2.17. The summed E-state index contributed by atoms with van der Waals surface area (Å²) in [7, 11) is 0. The summed E-state index contributed by atoms with van der Waals surface area (Å²) in [6, 6.07) is 9.79. The molecule has 1 amide bonds. The molecule has 2 rings (SSSR count). The third kappa shape index (κ3) is 3.33. The molecule has 2 nitrogen and oxygen atoms in total. The van der Waals surface area contributed by atoms with Gasteiger partial charge in [-0.2, -0.15) is 0 Å². The molecule has 0 heterocycles. The molecule has 0 radical (unpaired) electrons. The lowest BCUT2D eigenvalue weighted by molar-refractivity contribution is 0.0939. The van der Waals surface area contributed by atoms with Crippen molar-refractivity contribution in [2.24, 2.45) is 0 Å². The highest BCUT2D eigenvalue weighted by Gasteiger charge is 2.13. The van der Waals surface area contributed by atoms with Gasteiger partial charge in [0.2, 0.25) is 0 Å². The number of benzene rings is 2. The van der Waals surface area contributed by atoms with Crippen molar-refractivity contribution in [2.45, 2.75) is 13.0 Å². The Hall–Kier alpha value is -1.94. The van der Waals surface area contributed by atoms with Gasteiger partial charge in [0.1, 0.15) is 0 Å². The Balaban J connectivity index is 2.10. The van der Waals surface area contributed by atoms with Crippen molar-refractivity contribution in [3.05, 3.63) is 70.2 Å². The first-order chi connectivity index (χ1) is 9.47. The SMILES string of the molecule is C[C@@H](NC(=O)c1ccc(F)c(F)c1)c1ccc(Cl)cc1. The topological polar surface area (TPSA) is 29.1 Å². The van der Waals surface area contributed by atoms with Crippen LogP contribution in [0.4, 0.5) is 8.78 Å². The number of carbonyl (C=O) groups is 1. The minimum absolute atomic E-state index is 0.0738. The van der Waals surface area contributed by atoms with E-state index in [0.29, 0.717) is 5.02 Å². The molecule has 2 aromatic carbocycles. The summed E-state index contributed by atoms with van der Waals surface area (Å²) in [5, 5.41) is 3.31. The molecular weight excluding hydrogens is 284 g/mol.